The molecule has 0 bridgehead atoms. The zero-order valence-corrected chi connectivity index (χ0v) is 18.8. The Labute approximate surface area is 191 Å². The molecule has 32 heavy (non-hydrogen) atoms. The normalized spacial score (nSPS) is 20.8. The monoisotopic (exact) mass is 454 g/mol. The summed E-state index contributed by atoms with van der Waals surface area (Å²) in [5, 5.41) is 21.0. The second-order valence-electron chi connectivity index (χ2n) is 7.69. The van der Waals surface area contributed by atoms with Gasteiger partial charge in [-0.3, -0.25) is 4.79 Å². The van der Waals surface area contributed by atoms with Crippen LogP contribution in [0.5, 0.6) is 0 Å². The molecule has 9 heteroatoms. The SMILES string of the molecule is CC(=O)Nc1ccc([C@@H]2O[C@H](CSc3nncn3C)C[C@H](c3ccc(CO)cc3)O2)cc1. The first kappa shape index (κ1) is 22.5. The molecule has 1 saturated heterocycles. The van der Waals surface area contributed by atoms with Gasteiger partial charge in [0.15, 0.2) is 11.4 Å². The lowest BCUT2D eigenvalue weighted by atomic mass is 10.0. The standard InChI is InChI=1S/C23H26N4O4S/c1-15(29)25-19-9-7-18(8-10-19)22-30-20(13-32-23-26-24-14-27(23)2)11-21(31-22)17-5-3-16(12-28)4-6-17/h3-10,14,20-22,28H,11-13H2,1-2H3,(H,25,29)/t20-,21+,22+/m0/s1. The number of aryl methyl sites for hydroxylation is 1. The van der Waals surface area contributed by atoms with Crippen molar-refractivity contribution in [1.29, 1.82) is 0 Å². The number of aliphatic hydroxyl groups excluding tert-OH is 1. The Morgan fingerprint density at radius 3 is 2.50 bits per heavy atom. The van der Waals surface area contributed by atoms with E-state index in [4.69, 9.17) is 9.47 Å². The number of aliphatic hydroxyl groups is 1. The van der Waals surface area contributed by atoms with E-state index in [2.05, 4.69) is 15.5 Å². The molecule has 8 nitrogen and oxygen atoms in total. The summed E-state index contributed by atoms with van der Waals surface area (Å²) in [6.07, 6.45) is 1.62. The summed E-state index contributed by atoms with van der Waals surface area (Å²) in [5.74, 6) is 0.594. The van der Waals surface area contributed by atoms with E-state index >= 15 is 0 Å². The van der Waals surface area contributed by atoms with Crippen molar-refractivity contribution >= 4 is 23.4 Å². The third-order valence-corrected chi connectivity index (χ3v) is 6.35. The van der Waals surface area contributed by atoms with E-state index < -0.39 is 6.29 Å². The first-order valence-corrected chi connectivity index (χ1v) is 11.4. The fraction of sp³-hybridized carbons (Fsp3) is 0.348. The van der Waals surface area contributed by atoms with Crippen LogP contribution in [0.25, 0.3) is 0 Å². The second kappa shape index (κ2) is 10.3. The highest BCUT2D eigenvalue weighted by molar-refractivity contribution is 7.99. The minimum absolute atomic E-state index is 0.00908. The second-order valence-corrected chi connectivity index (χ2v) is 8.68. The summed E-state index contributed by atoms with van der Waals surface area (Å²) in [4.78, 5) is 11.3. The topological polar surface area (TPSA) is 98.5 Å². The molecule has 0 spiro atoms. The minimum atomic E-state index is -0.539. The van der Waals surface area contributed by atoms with E-state index in [0.29, 0.717) is 12.2 Å². The van der Waals surface area contributed by atoms with Gasteiger partial charge in [0.25, 0.3) is 0 Å². The smallest absolute Gasteiger partial charge is 0.221 e. The maximum atomic E-state index is 11.3. The Morgan fingerprint density at radius 1 is 1.16 bits per heavy atom. The fourth-order valence-corrected chi connectivity index (χ4v) is 4.43. The van der Waals surface area contributed by atoms with Crippen molar-refractivity contribution < 1.29 is 19.4 Å². The Bertz CT molecular complexity index is 1040. The van der Waals surface area contributed by atoms with Crippen molar-refractivity contribution in [2.45, 2.75) is 43.6 Å². The summed E-state index contributed by atoms with van der Waals surface area (Å²) in [6.45, 7) is 1.49. The van der Waals surface area contributed by atoms with E-state index in [-0.39, 0.29) is 24.7 Å². The maximum absolute atomic E-state index is 11.3. The van der Waals surface area contributed by atoms with Crippen LogP contribution >= 0.6 is 11.8 Å². The van der Waals surface area contributed by atoms with Crippen LogP contribution in [0.2, 0.25) is 0 Å². The van der Waals surface area contributed by atoms with E-state index in [1.54, 1.807) is 18.1 Å². The molecular formula is C23H26N4O4S. The van der Waals surface area contributed by atoms with Gasteiger partial charge >= 0.3 is 0 Å². The van der Waals surface area contributed by atoms with Gasteiger partial charge in [-0.1, -0.05) is 48.2 Å². The number of anilines is 1. The first-order chi connectivity index (χ1) is 15.5. The molecule has 0 saturated carbocycles. The Kier molecular flexibility index (Phi) is 7.21. The fourth-order valence-electron chi connectivity index (χ4n) is 3.52. The third kappa shape index (κ3) is 5.55. The molecule has 1 aliphatic rings. The van der Waals surface area contributed by atoms with Crippen LogP contribution in [-0.4, -0.2) is 37.6 Å². The van der Waals surface area contributed by atoms with Crippen molar-refractivity contribution in [3.05, 3.63) is 71.5 Å². The van der Waals surface area contributed by atoms with E-state index in [1.165, 1.54) is 6.92 Å². The number of hydrogen-bond acceptors (Lipinski definition) is 7. The van der Waals surface area contributed by atoms with Crippen LogP contribution in [0.4, 0.5) is 5.69 Å². The predicted octanol–water partition coefficient (Wildman–Crippen LogP) is 3.60. The van der Waals surface area contributed by atoms with Crippen molar-refractivity contribution in [2.24, 2.45) is 7.05 Å². The molecule has 1 amide bonds. The van der Waals surface area contributed by atoms with Gasteiger partial charge in [0.1, 0.15) is 6.33 Å². The van der Waals surface area contributed by atoms with Crippen molar-refractivity contribution in [2.75, 3.05) is 11.1 Å². The summed E-state index contributed by atoms with van der Waals surface area (Å²) in [7, 11) is 1.91. The van der Waals surface area contributed by atoms with Gasteiger partial charge in [-0.05, 0) is 23.3 Å². The zero-order chi connectivity index (χ0) is 22.5. The lowest BCUT2D eigenvalue weighted by Crippen LogP contribution is -2.31. The average molecular weight is 455 g/mol. The summed E-state index contributed by atoms with van der Waals surface area (Å²) in [6, 6.07) is 15.3. The number of nitrogens with zero attached hydrogens (tertiary/aromatic N) is 3. The molecule has 3 aromatic rings. The highest BCUT2D eigenvalue weighted by Gasteiger charge is 2.32. The molecule has 2 aromatic carbocycles. The van der Waals surface area contributed by atoms with E-state index in [1.807, 2.05) is 60.1 Å². The number of ether oxygens (including phenoxy) is 2. The number of hydrogen-bond donors (Lipinski definition) is 2. The summed E-state index contributed by atoms with van der Waals surface area (Å²) >= 11 is 1.60. The van der Waals surface area contributed by atoms with Crippen LogP contribution in [0.15, 0.2) is 60.0 Å². The molecule has 3 atom stereocenters. The van der Waals surface area contributed by atoms with Gasteiger partial charge in [0.05, 0.1) is 18.8 Å². The predicted molar refractivity (Wildman–Crippen MR) is 121 cm³/mol. The summed E-state index contributed by atoms with van der Waals surface area (Å²) < 4.78 is 14.5. The van der Waals surface area contributed by atoms with E-state index in [9.17, 15) is 9.90 Å². The molecular weight excluding hydrogens is 428 g/mol. The van der Waals surface area contributed by atoms with Gasteiger partial charge in [0.2, 0.25) is 5.91 Å². The molecule has 0 unspecified atom stereocenters. The van der Waals surface area contributed by atoms with Gasteiger partial charge in [0, 0.05) is 37.4 Å². The van der Waals surface area contributed by atoms with Gasteiger partial charge < -0.3 is 24.5 Å². The van der Waals surface area contributed by atoms with E-state index in [0.717, 1.165) is 27.5 Å². The lowest BCUT2D eigenvalue weighted by molar-refractivity contribution is -0.245. The van der Waals surface area contributed by atoms with Crippen molar-refractivity contribution in [3.63, 3.8) is 0 Å². The number of carbonyl (C=O) groups is 1. The lowest BCUT2D eigenvalue weighted by Gasteiger charge is -2.36. The number of carbonyl (C=O) groups excluding carboxylic acids is 1. The quantitative estimate of drug-likeness (QED) is 0.526. The number of thioether (sulfide) groups is 1. The van der Waals surface area contributed by atoms with Crippen LogP contribution in [0.3, 0.4) is 0 Å². The van der Waals surface area contributed by atoms with Gasteiger partial charge in [-0.15, -0.1) is 10.2 Å². The van der Waals surface area contributed by atoms with Crippen LogP contribution in [-0.2, 0) is 27.9 Å². The number of aromatic nitrogens is 3. The number of nitrogens with one attached hydrogen (secondary N) is 1. The summed E-state index contributed by atoms with van der Waals surface area (Å²) in [5.41, 5.74) is 3.51. The molecule has 4 rings (SSSR count). The van der Waals surface area contributed by atoms with Crippen molar-refractivity contribution in [1.82, 2.24) is 14.8 Å². The number of benzene rings is 2. The Morgan fingerprint density at radius 2 is 1.88 bits per heavy atom. The zero-order valence-electron chi connectivity index (χ0n) is 18.0. The molecule has 1 aliphatic heterocycles. The van der Waals surface area contributed by atoms with Gasteiger partial charge in [-0.2, -0.15) is 0 Å². The maximum Gasteiger partial charge on any atom is 0.221 e. The molecule has 2 heterocycles. The Balaban J connectivity index is 1.52. The molecule has 0 radical (unpaired) electrons. The van der Waals surface area contributed by atoms with Crippen LogP contribution in [0.1, 0.15) is 42.4 Å². The van der Waals surface area contributed by atoms with Gasteiger partial charge in [-0.25, -0.2) is 0 Å². The minimum Gasteiger partial charge on any atom is -0.392 e. The first-order valence-electron chi connectivity index (χ1n) is 10.4. The largest absolute Gasteiger partial charge is 0.392 e. The molecule has 168 valence electrons. The van der Waals surface area contributed by atoms with Crippen molar-refractivity contribution in [3.8, 4) is 0 Å². The molecule has 1 fully saturated rings. The average Bonchev–Trinajstić information content (AvgIpc) is 3.22. The molecule has 2 N–H and O–H groups in total. The molecule has 1 aromatic heterocycles. The van der Waals surface area contributed by atoms with Crippen LogP contribution < -0.4 is 5.32 Å². The highest BCUT2D eigenvalue weighted by Crippen LogP contribution is 2.39. The number of amides is 1. The third-order valence-electron chi connectivity index (χ3n) is 5.19. The number of rotatable bonds is 7. The Hall–Kier alpha value is -2.72. The molecule has 0 aliphatic carbocycles. The van der Waals surface area contributed by atoms with Crippen LogP contribution in [0, 0.1) is 0 Å². The highest BCUT2D eigenvalue weighted by atomic mass is 32.2.